The minimum absolute atomic E-state index is 0.453. The van der Waals surface area contributed by atoms with E-state index in [-0.39, 0.29) is 0 Å². The molecule has 9 heteroatoms. The maximum absolute atomic E-state index is 12.7. The quantitative estimate of drug-likeness (QED) is 0.347. The van der Waals surface area contributed by atoms with Crippen molar-refractivity contribution in [3.63, 3.8) is 0 Å². The summed E-state index contributed by atoms with van der Waals surface area (Å²) >= 11 is 1.39. The number of thioether (sulfide) groups is 1. The highest BCUT2D eigenvalue weighted by atomic mass is 32.2. The lowest BCUT2D eigenvalue weighted by Crippen LogP contribution is -2.04. The van der Waals surface area contributed by atoms with Crippen molar-refractivity contribution in [1.82, 2.24) is 14.8 Å². The van der Waals surface area contributed by atoms with Gasteiger partial charge in [0.2, 0.25) is 0 Å². The third kappa shape index (κ3) is 4.96. The molecular formula is C21H20F3N3O2S. The molecule has 3 rings (SSSR count). The van der Waals surface area contributed by atoms with Crippen LogP contribution in [-0.2, 0) is 18.5 Å². The number of rotatable bonds is 8. The average molecular weight is 435 g/mol. The minimum Gasteiger partial charge on any atom is -0.497 e. The Labute approximate surface area is 176 Å². The number of halogens is 3. The molecule has 0 aliphatic rings. The highest BCUT2D eigenvalue weighted by Gasteiger charge is 2.29. The van der Waals surface area contributed by atoms with Gasteiger partial charge >= 0.3 is 6.18 Å². The van der Waals surface area contributed by atoms with Crippen molar-refractivity contribution in [1.29, 1.82) is 0 Å². The van der Waals surface area contributed by atoms with Crippen LogP contribution in [0.5, 0.6) is 11.5 Å². The first-order valence-corrected chi connectivity index (χ1v) is 9.90. The van der Waals surface area contributed by atoms with Crippen LogP contribution in [0, 0.1) is 0 Å². The Morgan fingerprint density at radius 2 is 1.67 bits per heavy atom. The summed E-state index contributed by atoms with van der Waals surface area (Å²) in [7, 11) is 3.14. The van der Waals surface area contributed by atoms with E-state index in [1.165, 1.54) is 23.9 Å². The molecule has 0 saturated carbocycles. The van der Waals surface area contributed by atoms with Gasteiger partial charge in [-0.2, -0.15) is 13.2 Å². The molecule has 0 aliphatic carbocycles. The number of hydrogen-bond acceptors (Lipinski definition) is 5. The molecule has 0 N–H and O–H groups in total. The molecule has 0 radical (unpaired) electrons. The van der Waals surface area contributed by atoms with Crippen LogP contribution in [0.1, 0.15) is 11.1 Å². The van der Waals surface area contributed by atoms with Gasteiger partial charge < -0.3 is 9.47 Å². The van der Waals surface area contributed by atoms with Crippen LogP contribution in [0.4, 0.5) is 13.2 Å². The number of benzene rings is 2. The molecule has 2 aromatic carbocycles. The second kappa shape index (κ2) is 9.25. The Bertz CT molecular complexity index is 995. The molecule has 1 aromatic heterocycles. The highest BCUT2D eigenvalue weighted by molar-refractivity contribution is 7.98. The van der Waals surface area contributed by atoms with Crippen molar-refractivity contribution in [2.45, 2.75) is 23.6 Å². The minimum atomic E-state index is -4.34. The predicted molar refractivity (Wildman–Crippen MR) is 110 cm³/mol. The van der Waals surface area contributed by atoms with Gasteiger partial charge in [-0.15, -0.1) is 16.8 Å². The molecule has 1 heterocycles. The van der Waals surface area contributed by atoms with Crippen molar-refractivity contribution in [2.75, 3.05) is 14.2 Å². The Morgan fingerprint density at radius 1 is 1.03 bits per heavy atom. The van der Waals surface area contributed by atoms with E-state index in [1.807, 2.05) is 16.7 Å². The molecule has 158 valence electrons. The summed E-state index contributed by atoms with van der Waals surface area (Å²) in [6.07, 6.45) is -2.62. The van der Waals surface area contributed by atoms with Gasteiger partial charge in [0, 0.05) is 23.9 Å². The lowest BCUT2D eigenvalue weighted by Gasteiger charge is -2.11. The van der Waals surface area contributed by atoms with Crippen LogP contribution < -0.4 is 9.47 Å². The standard InChI is InChI=1S/C21H20F3N3O2S/c1-4-9-27-19(15-10-17(28-2)12-18(11-15)29-3)25-26-20(27)30-13-14-5-7-16(8-6-14)21(22,23)24/h4-8,10-12H,1,9,13H2,2-3H3. The summed E-state index contributed by atoms with van der Waals surface area (Å²) < 4.78 is 50.7. The average Bonchev–Trinajstić information content (AvgIpc) is 3.14. The van der Waals surface area contributed by atoms with Gasteiger partial charge in [-0.1, -0.05) is 30.0 Å². The summed E-state index contributed by atoms with van der Waals surface area (Å²) in [5.74, 6) is 2.31. The lowest BCUT2D eigenvalue weighted by atomic mass is 10.1. The molecule has 0 atom stereocenters. The number of alkyl halides is 3. The van der Waals surface area contributed by atoms with Gasteiger partial charge in [0.25, 0.3) is 0 Å². The van der Waals surface area contributed by atoms with Gasteiger partial charge in [0.15, 0.2) is 11.0 Å². The number of nitrogens with zero attached hydrogens (tertiary/aromatic N) is 3. The number of hydrogen-bond donors (Lipinski definition) is 0. The van der Waals surface area contributed by atoms with E-state index in [1.54, 1.807) is 26.4 Å². The van der Waals surface area contributed by atoms with Crippen LogP contribution in [0.15, 0.2) is 60.3 Å². The molecule has 0 spiro atoms. The van der Waals surface area contributed by atoms with Gasteiger partial charge in [-0.25, -0.2) is 0 Å². The van der Waals surface area contributed by atoms with Crippen molar-refractivity contribution < 1.29 is 22.6 Å². The fraction of sp³-hybridized carbons (Fsp3) is 0.238. The van der Waals surface area contributed by atoms with Crippen LogP contribution >= 0.6 is 11.8 Å². The first-order valence-electron chi connectivity index (χ1n) is 8.92. The fourth-order valence-corrected chi connectivity index (χ4v) is 3.68. The monoisotopic (exact) mass is 435 g/mol. The first-order chi connectivity index (χ1) is 14.4. The van der Waals surface area contributed by atoms with Gasteiger partial charge in [-0.3, -0.25) is 4.57 Å². The Morgan fingerprint density at radius 3 is 2.20 bits per heavy atom. The van der Waals surface area contributed by atoms with Crippen LogP contribution in [0.2, 0.25) is 0 Å². The molecule has 0 fully saturated rings. The van der Waals surface area contributed by atoms with Crippen molar-refractivity contribution in [3.05, 3.63) is 66.2 Å². The summed E-state index contributed by atoms with van der Waals surface area (Å²) in [5, 5.41) is 9.19. The molecule has 3 aromatic rings. The zero-order chi connectivity index (χ0) is 21.7. The zero-order valence-electron chi connectivity index (χ0n) is 16.4. The number of aromatic nitrogens is 3. The van der Waals surface area contributed by atoms with Crippen LogP contribution in [0.3, 0.4) is 0 Å². The van der Waals surface area contributed by atoms with E-state index < -0.39 is 11.7 Å². The molecule has 30 heavy (non-hydrogen) atoms. The van der Waals surface area contributed by atoms with E-state index in [2.05, 4.69) is 16.8 Å². The van der Waals surface area contributed by atoms with Gasteiger partial charge in [-0.05, 0) is 29.8 Å². The number of allylic oxidation sites excluding steroid dienone is 1. The first kappa shape index (κ1) is 21.8. The van der Waals surface area contributed by atoms with E-state index in [0.717, 1.165) is 23.3 Å². The molecular weight excluding hydrogens is 415 g/mol. The summed E-state index contributed by atoms with van der Waals surface area (Å²) in [5.41, 5.74) is 0.855. The largest absolute Gasteiger partial charge is 0.497 e. The molecule has 0 unspecified atom stereocenters. The van der Waals surface area contributed by atoms with Crippen LogP contribution in [-0.4, -0.2) is 29.0 Å². The summed E-state index contributed by atoms with van der Waals surface area (Å²) in [4.78, 5) is 0. The third-order valence-electron chi connectivity index (χ3n) is 4.29. The Hall–Kier alpha value is -2.94. The lowest BCUT2D eigenvalue weighted by molar-refractivity contribution is -0.137. The summed E-state index contributed by atoms with van der Waals surface area (Å²) in [6.45, 7) is 4.26. The molecule has 0 amide bonds. The smallest absolute Gasteiger partial charge is 0.416 e. The molecule has 5 nitrogen and oxygen atoms in total. The molecule has 0 aliphatic heterocycles. The highest BCUT2D eigenvalue weighted by Crippen LogP contribution is 2.33. The van der Waals surface area contributed by atoms with Crippen molar-refractivity contribution in [3.8, 4) is 22.9 Å². The molecule has 0 bridgehead atoms. The number of ether oxygens (including phenoxy) is 2. The van der Waals surface area contributed by atoms with Crippen molar-refractivity contribution in [2.24, 2.45) is 0 Å². The second-order valence-corrected chi connectivity index (χ2v) is 7.23. The maximum Gasteiger partial charge on any atom is 0.416 e. The topological polar surface area (TPSA) is 49.2 Å². The Balaban J connectivity index is 1.85. The fourth-order valence-electron chi connectivity index (χ4n) is 2.78. The van der Waals surface area contributed by atoms with E-state index in [4.69, 9.17) is 9.47 Å². The summed E-state index contributed by atoms with van der Waals surface area (Å²) in [6, 6.07) is 10.5. The van der Waals surface area contributed by atoms with Crippen molar-refractivity contribution >= 4 is 11.8 Å². The van der Waals surface area contributed by atoms with E-state index in [0.29, 0.717) is 34.8 Å². The Kier molecular flexibility index (Phi) is 6.71. The van der Waals surface area contributed by atoms with Gasteiger partial charge in [0.1, 0.15) is 11.5 Å². The maximum atomic E-state index is 12.7. The van der Waals surface area contributed by atoms with Gasteiger partial charge in [0.05, 0.1) is 19.8 Å². The molecule has 0 saturated heterocycles. The second-order valence-electron chi connectivity index (χ2n) is 6.29. The number of methoxy groups -OCH3 is 2. The van der Waals surface area contributed by atoms with Crippen LogP contribution in [0.25, 0.3) is 11.4 Å². The van der Waals surface area contributed by atoms with E-state index >= 15 is 0 Å². The predicted octanol–water partition coefficient (Wildman–Crippen LogP) is 5.46. The zero-order valence-corrected chi connectivity index (χ0v) is 17.3. The third-order valence-corrected chi connectivity index (χ3v) is 5.33. The SMILES string of the molecule is C=CCn1c(SCc2ccc(C(F)(F)F)cc2)nnc1-c1cc(OC)cc(OC)c1. The normalized spacial score (nSPS) is 11.4. The van der Waals surface area contributed by atoms with E-state index in [9.17, 15) is 13.2 Å².